The van der Waals surface area contributed by atoms with Crippen molar-refractivity contribution < 1.29 is 24.1 Å². The van der Waals surface area contributed by atoms with Crippen LogP contribution in [0, 0.1) is 0 Å². The van der Waals surface area contributed by atoms with Crippen LogP contribution in [-0.2, 0) is 27.4 Å². The lowest BCUT2D eigenvalue weighted by Crippen LogP contribution is -2.34. The molecule has 0 spiro atoms. The Bertz CT molecular complexity index is 1090. The van der Waals surface area contributed by atoms with Crippen molar-refractivity contribution in [1.29, 1.82) is 0 Å². The quantitative estimate of drug-likeness (QED) is 0.727. The summed E-state index contributed by atoms with van der Waals surface area (Å²) >= 11 is 0. The summed E-state index contributed by atoms with van der Waals surface area (Å²) in [6, 6.07) is 5.73. The first-order valence-electron chi connectivity index (χ1n) is 9.41. The van der Waals surface area contributed by atoms with E-state index < -0.39 is 12.1 Å². The second-order valence-corrected chi connectivity index (χ2v) is 7.28. The van der Waals surface area contributed by atoms with Gasteiger partial charge in [0.1, 0.15) is 19.1 Å². The molecule has 29 heavy (non-hydrogen) atoms. The van der Waals surface area contributed by atoms with Crippen molar-refractivity contribution >= 4 is 22.6 Å². The number of methoxy groups -OCH3 is 1. The van der Waals surface area contributed by atoms with Crippen LogP contribution in [0.25, 0.3) is 16.6 Å². The summed E-state index contributed by atoms with van der Waals surface area (Å²) in [5, 5.41) is 11.3. The fourth-order valence-corrected chi connectivity index (χ4v) is 4.16. The van der Waals surface area contributed by atoms with Crippen molar-refractivity contribution in [3.63, 3.8) is 0 Å². The third-order valence-corrected chi connectivity index (χ3v) is 5.68. The molecule has 0 fully saturated rings. The Morgan fingerprint density at radius 1 is 1.38 bits per heavy atom. The molecule has 0 radical (unpaired) electrons. The zero-order chi connectivity index (χ0) is 20.1. The van der Waals surface area contributed by atoms with Crippen molar-refractivity contribution in [2.75, 3.05) is 27.1 Å². The smallest absolute Gasteiger partial charge is 0.339 e. The maximum absolute atomic E-state index is 11.9. The molecule has 1 atom stereocenters. The van der Waals surface area contributed by atoms with Gasteiger partial charge in [-0.25, -0.2) is 9.78 Å². The summed E-state index contributed by atoms with van der Waals surface area (Å²) < 4.78 is 16.2. The van der Waals surface area contributed by atoms with Crippen LogP contribution in [0.2, 0.25) is 0 Å². The number of hydrogen-bond acceptors (Lipinski definition) is 8. The number of aliphatic hydroxyl groups is 1. The Morgan fingerprint density at radius 2 is 2.24 bits per heavy atom. The van der Waals surface area contributed by atoms with Gasteiger partial charge in [0.05, 0.1) is 30.6 Å². The lowest BCUT2D eigenvalue weighted by atomic mass is 9.97. The number of aliphatic hydroxyl groups excluding tert-OH is 1. The largest absolute Gasteiger partial charge is 0.497 e. The number of benzene rings is 1. The van der Waals surface area contributed by atoms with E-state index in [4.69, 9.17) is 24.9 Å². The van der Waals surface area contributed by atoms with E-state index >= 15 is 0 Å². The number of esters is 1. The molecule has 3 aliphatic rings. The van der Waals surface area contributed by atoms with Crippen LogP contribution in [-0.4, -0.2) is 54.1 Å². The summed E-state index contributed by atoms with van der Waals surface area (Å²) in [6.07, 6.45) is 0.523. The zero-order valence-corrected chi connectivity index (χ0v) is 16.0. The van der Waals surface area contributed by atoms with Crippen LogP contribution < -0.4 is 10.5 Å². The molecule has 3 aliphatic heterocycles. The first-order chi connectivity index (χ1) is 14.1. The SMILES string of the molecule is COc1ccc2nc3c(c(CN)c2c1)CN1COCC2=C(C=C31)[C@H](O)C(=O)OC2. The van der Waals surface area contributed by atoms with Gasteiger partial charge < -0.3 is 30.0 Å². The molecular formula is C21H21N3O5. The minimum atomic E-state index is -1.32. The van der Waals surface area contributed by atoms with Gasteiger partial charge in [-0.15, -0.1) is 0 Å². The number of rotatable bonds is 2. The molecular weight excluding hydrogens is 374 g/mol. The third kappa shape index (κ3) is 2.79. The summed E-state index contributed by atoms with van der Waals surface area (Å²) in [5.74, 6) is 0.103. The van der Waals surface area contributed by atoms with E-state index in [1.807, 2.05) is 29.2 Å². The van der Waals surface area contributed by atoms with Gasteiger partial charge in [-0.05, 0) is 41.0 Å². The summed E-state index contributed by atoms with van der Waals surface area (Å²) in [6.45, 7) is 1.75. The van der Waals surface area contributed by atoms with Crippen molar-refractivity contribution in [1.82, 2.24) is 9.88 Å². The van der Waals surface area contributed by atoms with E-state index in [1.54, 1.807) is 7.11 Å². The predicted octanol–water partition coefficient (Wildman–Crippen LogP) is 1.06. The Labute approximate surface area is 167 Å². The number of pyridine rings is 1. The Morgan fingerprint density at radius 3 is 3.03 bits per heavy atom. The molecule has 0 saturated heterocycles. The van der Waals surface area contributed by atoms with Gasteiger partial charge >= 0.3 is 5.97 Å². The maximum Gasteiger partial charge on any atom is 0.339 e. The number of carbonyl (C=O) groups excluding carboxylic acids is 1. The van der Waals surface area contributed by atoms with Gasteiger partial charge in [0.25, 0.3) is 0 Å². The number of nitrogens with two attached hydrogens (primary N) is 1. The first kappa shape index (κ1) is 18.1. The Hall–Kier alpha value is -2.94. The first-order valence-corrected chi connectivity index (χ1v) is 9.41. The molecule has 0 amide bonds. The monoisotopic (exact) mass is 395 g/mol. The molecule has 5 rings (SSSR count). The lowest BCUT2D eigenvalue weighted by molar-refractivity contribution is -0.152. The second kappa shape index (κ2) is 6.84. The highest BCUT2D eigenvalue weighted by molar-refractivity contribution is 5.89. The summed E-state index contributed by atoms with van der Waals surface area (Å²) in [4.78, 5) is 18.8. The van der Waals surface area contributed by atoms with Gasteiger partial charge in [-0.2, -0.15) is 0 Å². The van der Waals surface area contributed by atoms with Crippen LogP contribution >= 0.6 is 0 Å². The average Bonchev–Trinajstić information content (AvgIpc) is 3.05. The van der Waals surface area contributed by atoms with Crippen LogP contribution in [0.1, 0.15) is 16.8 Å². The molecule has 8 heteroatoms. The van der Waals surface area contributed by atoms with Crippen molar-refractivity contribution in [3.8, 4) is 5.75 Å². The molecule has 150 valence electrons. The molecule has 0 saturated carbocycles. The molecule has 2 aromatic rings. The van der Waals surface area contributed by atoms with Crippen LogP contribution in [0.4, 0.5) is 0 Å². The molecule has 1 aromatic heterocycles. The van der Waals surface area contributed by atoms with Gasteiger partial charge in [-0.1, -0.05) is 0 Å². The zero-order valence-electron chi connectivity index (χ0n) is 16.0. The van der Waals surface area contributed by atoms with Gasteiger partial charge in [0.2, 0.25) is 0 Å². The van der Waals surface area contributed by atoms with Crippen molar-refractivity contribution in [2.24, 2.45) is 5.73 Å². The van der Waals surface area contributed by atoms with Crippen molar-refractivity contribution in [2.45, 2.75) is 19.2 Å². The standard InChI is InChI=1S/C21H21N3O5/c1-27-12-2-3-17-14(4-12)15(6-22)16-7-24-10-28-8-11-9-29-21(26)20(25)13(11)5-18(24)19(16)23-17/h2-5,20,25H,6-10,22H2,1H3/t20-/m0/s1. The minimum Gasteiger partial charge on any atom is -0.497 e. The molecule has 4 heterocycles. The molecule has 1 aromatic carbocycles. The van der Waals surface area contributed by atoms with Crippen LogP contribution in [0.5, 0.6) is 5.75 Å². The van der Waals surface area contributed by atoms with E-state index in [2.05, 4.69) is 0 Å². The Balaban J connectivity index is 1.72. The normalized spacial score (nSPS) is 21.1. The van der Waals surface area contributed by atoms with E-state index in [-0.39, 0.29) is 6.61 Å². The lowest BCUT2D eigenvalue weighted by Gasteiger charge is -2.28. The third-order valence-electron chi connectivity index (χ3n) is 5.68. The maximum atomic E-state index is 11.9. The molecule has 0 unspecified atom stereocenters. The number of ether oxygens (including phenoxy) is 3. The highest BCUT2D eigenvalue weighted by Crippen LogP contribution is 2.39. The average molecular weight is 395 g/mol. The summed E-state index contributed by atoms with van der Waals surface area (Å²) in [5.41, 5.74) is 11.9. The van der Waals surface area contributed by atoms with Gasteiger partial charge in [0, 0.05) is 24.0 Å². The summed E-state index contributed by atoms with van der Waals surface area (Å²) in [7, 11) is 1.63. The molecule has 0 bridgehead atoms. The fraction of sp³-hybridized carbons (Fsp3) is 0.333. The van der Waals surface area contributed by atoms with Gasteiger partial charge in [0.15, 0.2) is 6.10 Å². The van der Waals surface area contributed by atoms with Gasteiger partial charge in [-0.3, -0.25) is 0 Å². The number of fused-ring (bicyclic) bond motifs is 4. The number of nitrogens with zero attached hydrogens (tertiary/aromatic N) is 2. The Kier molecular flexibility index (Phi) is 4.27. The minimum absolute atomic E-state index is 0.126. The van der Waals surface area contributed by atoms with E-state index in [0.29, 0.717) is 32.0 Å². The highest BCUT2D eigenvalue weighted by atomic mass is 16.6. The molecule has 8 nitrogen and oxygen atoms in total. The predicted molar refractivity (Wildman–Crippen MR) is 105 cm³/mol. The second-order valence-electron chi connectivity index (χ2n) is 7.28. The number of carbonyl (C=O) groups is 1. The highest BCUT2D eigenvalue weighted by Gasteiger charge is 2.35. The van der Waals surface area contributed by atoms with Crippen molar-refractivity contribution in [3.05, 3.63) is 52.2 Å². The van der Waals surface area contributed by atoms with Crippen LogP contribution in [0.3, 0.4) is 0 Å². The molecule has 3 N–H and O–H groups in total. The number of hydrogen-bond donors (Lipinski definition) is 2. The molecule has 0 aliphatic carbocycles. The number of cyclic esters (lactones) is 1. The van der Waals surface area contributed by atoms with E-state index in [9.17, 15) is 9.90 Å². The van der Waals surface area contributed by atoms with E-state index in [0.717, 1.165) is 44.7 Å². The fourth-order valence-electron chi connectivity index (χ4n) is 4.16. The topological polar surface area (TPSA) is 107 Å². The van der Waals surface area contributed by atoms with Crippen LogP contribution in [0.15, 0.2) is 35.4 Å². The van der Waals surface area contributed by atoms with E-state index in [1.165, 1.54) is 0 Å². The number of aromatic nitrogens is 1.